The Morgan fingerprint density at radius 3 is 2.26 bits per heavy atom. The van der Waals surface area contributed by atoms with E-state index in [0.717, 1.165) is 0 Å². The molecular weight excluding hydrogens is 318 g/mol. The van der Waals surface area contributed by atoms with Crippen molar-refractivity contribution in [3.05, 3.63) is 53.6 Å². The lowest BCUT2D eigenvalue weighted by Gasteiger charge is -2.15. The Hall–Kier alpha value is -2.73. The van der Waals surface area contributed by atoms with Gasteiger partial charge in [0, 0.05) is 16.4 Å². The molecule has 0 aliphatic rings. The Labute approximate surface area is 138 Å². The van der Waals surface area contributed by atoms with Crippen LogP contribution < -0.4 is 21.1 Å². The quantitative estimate of drug-likeness (QED) is 0.784. The number of amides is 3. The fourth-order valence-electron chi connectivity index (χ4n) is 1.82. The maximum atomic E-state index is 12.1. The summed E-state index contributed by atoms with van der Waals surface area (Å²) in [4.78, 5) is 22.8. The number of halogens is 1. The van der Waals surface area contributed by atoms with Crippen molar-refractivity contribution in [2.75, 3.05) is 10.6 Å². The fraction of sp³-hybridized carbons (Fsp3) is 0.125. The van der Waals surface area contributed by atoms with Crippen molar-refractivity contribution in [1.82, 2.24) is 0 Å². The van der Waals surface area contributed by atoms with Crippen molar-refractivity contribution in [2.45, 2.75) is 13.0 Å². The van der Waals surface area contributed by atoms with Gasteiger partial charge in [0.05, 0.1) is 0 Å². The van der Waals surface area contributed by atoms with E-state index in [-0.39, 0.29) is 5.91 Å². The van der Waals surface area contributed by atoms with Crippen LogP contribution in [-0.2, 0) is 4.79 Å². The van der Waals surface area contributed by atoms with Crippen LogP contribution in [0.5, 0.6) is 5.75 Å². The molecule has 0 saturated heterocycles. The molecule has 0 fully saturated rings. The minimum atomic E-state index is -0.697. The smallest absolute Gasteiger partial charge is 0.316 e. The first-order chi connectivity index (χ1) is 10.9. The van der Waals surface area contributed by atoms with Crippen molar-refractivity contribution >= 4 is 34.9 Å². The van der Waals surface area contributed by atoms with Crippen LogP contribution in [0.25, 0.3) is 0 Å². The van der Waals surface area contributed by atoms with E-state index in [2.05, 4.69) is 10.6 Å². The molecule has 0 aromatic heterocycles. The average molecular weight is 334 g/mol. The number of nitrogens with two attached hydrogens (primary N) is 1. The van der Waals surface area contributed by atoms with E-state index >= 15 is 0 Å². The molecule has 3 amide bonds. The van der Waals surface area contributed by atoms with Gasteiger partial charge in [-0.3, -0.25) is 4.79 Å². The van der Waals surface area contributed by atoms with Crippen molar-refractivity contribution in [3.8, 4) is 5.75 Å². The molecule has 0 saturated carbocycles. The van der Waals surface area contributed by atoms with E-state index in [9.17, 15) is 9.59 Å². The van der Waals surface area contributed by atoms with E-state index in [1.165, 1.54) is 0 Å². The predicted molar refractivity (Wildman–Crippen MR) is 89.8 cm³/mol. The van der Waals surface area contributed by atoms with Crippen molar-refractivity contribution in [3.63, 3.8) is 0 Å². The normalized spacial score (nSPS) is 11.4. The summed E-state index contributed by atoms with van der Waals surface area (Å²) in [6, 6.07) is 12.7. The lowest BCUT2D eigenvalue weighted by Crippen LogP contribution is -2.30. The second-order valence-electron chi connectivity index (χ2n) is 4.77. The molecule has 0 bridgehead atoms. The molecule has 23 heavy (non-hydrogen) atoms. The number of hydrogen-bond donors (Lipinski definition) is 3. The molecule has 0 heterocycles. The highest BCUT2D eigenvalue weighted by atomic mass is 35.5. The topological polar surface area (TPSA) is 93.4 Å². The summed E-state index contributed by atoms with van der Waals surface area (Å²) in [5, 5.41) is 5.69. The van der Waals surface area contributed by atoms with Crippen LogP contribution in [-0.4, -0.2) is 18.0 Å². The summed E-state index contributed by atoms with van der Waals surface area (Å²) in [6.45, 7) is 1.64. The first kappa shape index (κ1) is 16.6. The Morgan fingerprint density at radius 1 is 1.09 bits per heavy atom. The molecule has 2 rings (SSSR count). The van der Waals surface area contributed by atoms with Crippen LogP contribution in [0.15, 0.2) is 48.5 Å². The van der Waals surface area contributed by atoms with Gasteiger partial charge in [-0.05, 0) is 49.4 Å². The summed E-state index contributed by atoms with van der Waals surface area (Å²) in [5.74, 6) is 0.210. The van der Waals surface area contributed by atoms with E-state index in [1.807, 2.05) is 0 Å². The average Bonchev–Trinajstić information content (AvgIpc) is 2.48. The van der Waals surface area contributed by atoms with Gasteiger partial charge in [-0.25, -0.2) is 4.79 Å². The van der Waals surface area contributed by atoms with Gasteiger partial charge in [0.2, 0.25) is 0 Å². The highest BCUT2D eigenvalue weighted by Crippen LogP contribution is 2.19. The second kappa shape index (κ2) is 7.51. The van der Waals surface area contributed by atoms with Crippen molar-refractivity contribution in [2.24, 2.45) is 5.73 Å². The molecule has 120 valence electrons. The first-order valence-electron chi connectivity index (χ1n) is 6.83. The predicted octanol–water partition coefficient (Wildman–Crippen LogP) is 3.24. The van der Waals surface area contributed by atoms with Gasteiger partial charge in [-0.15, -0.1) is 0 Å². The number of benzene rings is 2. The largest absolute Gasteiger partial charge is 0.481 e. The molecule has 0 spiro atoms. The van der Waals surface area contributed by atoms with Gasteiger partial charge >= 0.3 is 6.03 Å². The molecule has 2 aromatic carbocycles. The summed E-state index contributed by atoms with van der Waals surface area (Å²) in [5.41, 5.74) is 6.14. The standard InChI is InChI=1S/C16H16ClN3O3/c1-10(23-14-4-2-3-11(17)9-14)15(21)19-12-5-7-13(8-6-12)20-16(18)22/h2-10H,1H3,(H,19,21)(H3,18,20,22). The fourth-order valence-corrected chi connectivity index (χ4v) is 2.00. The van der Waals surface area contributed by atoms with E-state index in [0.29, 0.717) is 22.1 Å². The number of ether oxygens (including phenoxy) is 1. The second-order valence-corrected chi connectivity index (χ2v) is 5.21. The van der Waals surface area contributed by atoms with E-state index in [1.54, 1.807) is 55.5 Å². The van der Waals surface area contributed by atoms with Gasteiger partial charge in [0.25, 0.3) is 5.91 Å². The van der Waals surface area contributed by atoms with Gasteiger partial charge in [0.15, 0.2) is 6.10 Å². The number of carbonyl (C=O) groups is 2. The third kappa shape index (κ3) is 5.19. The zero-order valence-electron chi connectivity index (χ0n) is 12.4. The van der Waals surface area contributed by atoms with Crippen molar-refractivity contribution < 1.29 is 14.3 Å². The Kier molecular flexibility index (Phi) is 5.43. The zero-order chi connectivity index (χ0) is 16.8. The highest BCUT2D eigenvalue weighted by molar-refractivity contribution is 6.30. The lowest BCUT2D eigenvalue weighted by atomic mass is 10.2. The van der Waals surface area contributed by atoms with Crippen LogP contribution >= 0.6 is 11.6 Å². The van der Waals surface area contributed by atoms with Gasteiger partial charge in [-0.1, -0.05) is 17.7 Å². The highest BCUT2D eigenvalue weighted by Gasteiger charge is 2.15. The van der Waals surface area contributed by atoms with Crippen LogP contribution in [0.2, 0.25) is 5.02 Å². The van der Waals surface area contributed by atoms with Crippen LogP contribution in [0.1, 0.15) is 6.92 Å². The Balaban J connectivity index is 1.94. The Bertz CT molecular complexity index is 704. The summed E-state index contributed by atoms with van der Waals surface area (Å²) >= 11 is 5.87. The number of rotatable bonds is 5. The van der Waals surface area contributed by atoms with Gasteiger partial charge in [-0.2, -0.15) is 0 Å². The minimum Gasteiger partial charge on any atom is -0.481 e. The number of carbonyl (C=O) groups excluding carboxylic acids is 2. The number of nitrogens with one attached hydrogen (secondary N) is 2. The molecule has 0 radical (unpaired) electrons. The summed E-state index contributed by atoms with van der Waals surface area (Å²) in [7, 11) is 0. The maximum absolute atomic E-state index is 12.1. The Morgan fingerprint density at radius 2 is 1.70 bits per heavy atom. The van der Waals surface area contributed by atoms with E-state index < -0.39 is 12.1 Å². The maximum Gasteiger partial charge on any atom is 0.316 e. The SMILES string of the molecule is CC(Oc1cccc(Cl)c1)C(=O)Nc1ccc(NC(N)=O)cc1. The molecule has 6 nitrogen and oxygen atoms in total. The molecule has 0 aliphatic carbocycles. The third-order valence-electron chi connectivity index (χ3n) is 2.90. The zero-order valence-corrected chi connectivity index (χ0v) is 13.1. The molecular formula is C16H16ClN3O3. The minimum absolute atomic E-state index is 0.305. The molecule has 0 aliphatic heterocycles. The molecule has 2 aromatic rings. The van der Waals surface area contributed by atoms with Crippen LogP contribution in [0.4, 0.5) is 16.2 Å². The number of hydrogen-bond acceptors (Lipinski definition) is 3. The summed E-state index contributed by atoms with van der Waals surface area (Å²) < 4.78 is 5.54. The molecule has 7 heteroatoms. The van der Waals surface area contributed by atoms with Gasteiger partial charge in [0.1, 0.15) is 5.75 Å². The van der Waals surface area contributed by atoms with E-state index in [4.69, 9.17) is 22.1 Å². The number of urea groups is 1. The first-order valence-corrected chi connectivity index (χ1v) is 7.21. The van der Waals surface area contributed by atoms with Crippen molar-refractivity contribution in [1.29, 1.82) is 0 Å². The molecule has 1 unspecified atom stereocenters. The molecule has 1 atom stereocenters. The number of anilines is 2. The number of primary amides is 1. The monoisotopic (exact) mass is 333 g/mol. The third-order valence-corrected chi connectivity index (χ3v) is 3.13. The molecule has 4 N–H and O–H groups in total. The summed E-state index contributed by atoms with van der Waals surface area (Å²) in [6.07, 6.45) is -0.697. The van der Waals surface area contributed by atoms with Crippen LogP contribution in [0, 0.1) is 0 Å². The van der Waals surface area contributed by atoms with Crippen LogP contribution in [0.3, 0.4) is 0 Å². The lowest BCUT2D eigenvalue weighted by molar-refractivity contribution is -0.122. The van der Waals surface area contributed by atoms with Gasteiger partial charge < -0.3 is 21.1 Å².